The van der Waals surface area contributed by atoms with Gasteiger partial charge in [-0.1, -0.05) is 33.2 Å². The van der Waals surface area contributed by atoms with Crippen molar-refractivity contribution < 1.29 is 4.79 Å². The maximum absolute atomic E-state index is 11.6. The average molecular weight is 338 g/mol. The summed E-state index contributed by atoms with van der Waals surface area (Å²) in [6.07, 6.45) is 0. The van der Waals surface area contributed by atoms with E-state index in [1.165, 1.54) is 0 Å². The lowest BCUT2D eigenvalue weighted by Crippen LogP contribution is -2.25. The standard InChI is InChI=1S/C11H12BrN7O/c1-7(8-2-4-9(12)5-3-8)14-15-10(20)6-19-17-11(13)16-18-19/h2-5H,6H2,1H3,(H2,13,17)(H,15,20)/b14-7-. The van der Waals surface area contributed by atoms with Gasteiger partial charge in [0, 0.05) is 4.47 Å². The number of nitrogens with one attached hydrogen (secondary N) is 1. The molecule has 0 spiro atoms. The number of tetrazole rings is 1. The summed E-state index contributed by atoms with van der Waals surface area (Å²) in [7, 11) is 0. The van der Waals surface area contributed by atoms with E-state index in [0.717, 1.165) is 14.8 Å². The van der Waals surface area contributed by atoms with Crippen LogP contribution in [0.25, 0.3) is 0 Å². The number of hydrogen-bond donors (Lipinski definition) is 2. The van der Waals surface area contributed by atoms with Crippen LogP contribution in [0.2, 0.25) is 0 Å². The molecular weight excluding hydrogens is 326 g/mol. The number of benzene rings is 1. The molecule has 0 aliphatic carbocycles. The second-order valence-corrected chi connectivity index (χ2v) is 4.83. The van der Waals surface area contributed by atoms with Gasteiger partial charge in [-0.3, -0.25) is 4.79 Å². The van der Waals surface area contributed by atoms with Crippen molar-refractivity contribution in [3.05, 3.63) is 34.3 Å². The fourth-order valence-electron chi connectivity index (χ4n) is 1.39. The predicted octanol–water partition coefficient (Wildman–Crippen LogP) is 0.558. The number of carbonyl (C=O) groups excluding carboxylic acids is 1. The van der Waals surface area contributed by atoms with Crippen molar-refractivity contribution in [1.29, 1.82) is 0 Å². The van der Waals surface area contributed by atoms with Gasteiger partial charge in [-0.2, -0.15) is 9.90 Å². The predicted molar refractivity (Wildman–Crippen MR) is 76.7 cm³/mol. The first-order chi connectivity index (χ1) is 9.54. The van der Waals surface area contributed by atoms with Gasteiger partial charge in [0.05, 0.1) is 5.71 Å². The van der Waals surface area contributed by atoms with E-state index in [1.807, 2.05) is 24.3 Å². The molecule has 104 valence electrons. The molecule has 0 radical (unpaired) electrons. The third-order valence-electron chi connectivity index (χ3n) is 2.36. The molecule has 0 bridgehead atoms. The molecule has 9 heteroatoms. The monoisotopic (exact) mass is 337 g/mol. The number of hydrazone groups is 1. The summed E-state index contributed by atoms with van der Waals surface area (Å²) in [6, 6.07) is 7.60. The van der Waals surface area contributed by atoms with E-state index < -0.39 is 0 Å². The molecule has 2 rings (SSSR count). The van der Waals surface area contributed by atoms with Gasteiger partial charge in [-0.05, 0) is 29.8 Å². The maximum Gasteiger partial charge on any atom is 0.263 e. The van der Waals surface area contributed by atoms with Gasteiger partial charge < -0.3 is 5.73 Å². The molecule has 0 aliphatic rings. The maximum atomic E-state index is 11.6. The first-order valence-corrected chi connectivity index (χ1v) is 6.46. The largest absolute Gasteiger partial charge is 0.365 e. The fourth-order valence-corrected chi connectivity index (χ4v) is 1.65. The smallest absolute Gasteiger partial charge is 0.263 e. The summed E-state index contributed by atoms with van der Waals surface area (Å²) in [4.78, 5) is 12.7. The Morgan fingerprint density at radius 2 is 2.15 bits per heavy atom. The first kappa shape index (κ1) is 14.1. The number of carbonyl (C=O) groups is 1. The summed E-state index contributed by atoms with van der Waals surface area (Å²) in [6.45, 7) is 1.70. The first-order valence-electron chi connectivity index (χ1n) is 5.67. The third-order valence-corrected chi connectivity index (χ3v) is 2.89. The van der Waals surface area contributed by atoms with E-state index in [1.54, 1.807) is 6.92 Å². The van der Waals surface area contributed by atoms with Crippen LogP contribution in [-0.4, -0.2) is 31.8 Å². The van der Waals surface area contributed by atoms with Gasteiger partial charge in [-0.15, -0.1) is 5.10 Å². The van der Waals surface area contributed by atoms with Gasteiger partial charge in [0.25, 0.3) is 11.9 Å². The Balaban J connectivity index is 1.94. The molecule has 0 unspecified atom stereocenters. The van der Waals surface area contributed by atoms with Gasteiger partial charge >= 0.3 is 0 Å². The molecule has 1 amide bonds. The Morgan fingerprint density at radius 3 is 2.75 bits per heavy atom. The number of anilines is 1. The highest BCUT2D eigenvalue weighted by Gasteiger charge is 2.05. The highest BCUT2D eigenvalue weighted by atomic mass is 79.9. The molecule has 0 fully saturated rings. The molecule has 20 heavy (non-hydrogen) atoms. The lowest BCUT2D eigenvalue weighted by Gasteiger charge is -2.02. The number of rotatable bonds is 4. The van der Waals surface area contributed by atoms with Crippen molar-refractivity contribution in [2.24, 2.45) is 5.10 Å². The lowest BCUT2D eigenvalue weighted by atomic mass is 10.1. The van der Waals surface area contributed by atoms with Crippen molar-refractivity contribution >= 4 is 33.5 Å². The number of aromatic nitrogens is 4. The number of halogens is 1. The lowest BCUT2D eigenvalue weighted by molar-refractivity contribution is -0.122. The van der Waals surface area contributed by atoms with Crippen LogP contribution in [0, 0.1) is 0 Å². The van der Waals surface area contributed by atoms with Crippen molar-refractivity contribution in [3.8, 4) is 0 Å². The van der Waals surface area contributed by atoms with Crippen LogP contribution in [0.3, 0.4) is 0 Å². The summed E-state index contributed by atoms with van der Waals surface area (Å²) >= 11 is 3.35. The summed E-state index contributed by atoms with van der Waals surface area (Å²) in [5.74, 6) is -0.341. The SMILES string of the molecule is C/C(=N/NC(=O)Cn1nnc(N)n1)c1ccc(Br)cc1. The normalized spacial score (nSPS) is 11.4. The molecule has 1 aromatic heterocycles. The van der Waals surface area contributed by atoms with Gasteiger partial charge in [0.15, 0.2) is 0 Å². The number of nitrogen functional groups attached to an aromatic ring is 1. The second-order valence-electron chi connectivity index (χ2n) is 3.92. The Hall–Kier alpha value is -2.29. The summed E-state index contributed by atoms with van der Waals surface area (Å²) < 4.78 is 0.980. The van der Waals surface area contributed by atoms with Crippen molar-refractivity contribution in [1.82, 2.24) is 25.6 Å². The summed E-state index contributed by atoms with van der Waals surface area (Å²) in [5, 5.41) is 14.8. The number of nitrogens with zero attached hydrogens (tertiary/aromatic N) is 5. The molecule has 1 aromatic carbocycles. The van der Waals surface area contributed by atoms with Crippen LogP contribution >= 0.6 is 15.9 Å². The van der Waals surface area contributed by atoms with E-state index >= 15 is 0 Å². The Kier molecular flexibility index (Phi) is 4.41. The molecular formula is C11H12BrN7O. The summed E-state index contributed by atoms with van der Waals surface area (Å²) in [5.41, 5.74) is 9.32. The molecule has 0 atom stereocenters. The minimum atomic E-state index is -0.362. The third kappa shape index (κ3) is 3.85. The zero-order valence-corrected chi connectivity index (χ0v) is 12.2. The van der Waals surface area contributed by atoms with E-state index in [0.29, 0.717) is 5.71 Å². The van der Waals surface area contributed by atoms with Crippen molar-refractivity contribution in [2.75, 3.05) is 5.73 Å². The Bertz CT molecular complexity index is 634. The van der Waals surface area contributed by atoms with Gasteiger partial charge in [-0.25, -0.2) is 5.43 Å². The molecule has 0 saturated carbocycles. The number of hydrogen-bond acceptors (Lipinski definition) is 6. The average Bonchev–Trinajstić information content (AvgIpc) is 2.82. The zero-order valence-electron chi connectivity index (χ0n) is 10.6. The zero-order chi connectivity index (χ0) is 14.5. The van der Waals surface area contributed by atoms with Crippen molar-refractivity contribution in [2.45, 2.75) is 13.5 Å². The Labute approximate surface area is 123 Å². The molecule has 8 nitrogen and oxygen atoms in total. The molecule has 0 saturated heterocycles. The quantitative estimate of drug-likeness (QED) is 0.625. The van der Waals surface area contributed by atoms with E-state index in [9.17, 15) is 4.79 Å². The fraction of sp³-hybridized carbons (Fsp3) is 0.182. The van der Waals surface area contributed by atoms with Gasteiger partial charge in [0.1, 0.15) is 6.54 Å². The van der Waals surface area contributed by atoms with Crippen LogP contribution in [0.4, 0.5) is 5.95 Å². The van der Waals surface area contributed by atoms with E-state index in [2.05, 4.69) is 41.9 Å². The second kappa shape index (κ2) is 6.24. The van der Waals surface area contributed by atoms with Crippen molar-refractivity contribution in [3.63, 3.8) is 0 Å². The Morgan fingerprint density at radius 1 is 1.45 bits per heavy atom. The van der Waals surface area contributed by atoms with Crippen LogP contribution in [0.5, 0.6) is 0 Å². The van der Waals surface area contributed by atoms with Crippen LogP contribution in [0.1, 0.15) is 12.5 Å². The molecule has 1 heterocycles. The molecule has 2 aromatic rings. The highest BCUT2D eigenvalue weighted by Crippen LogP contribution is 2.10. The number of amides is 1. The topological polar surface area (TPSA) is 111 Å². The number of nitrogens with two attached hydrogens (primary N) is 1. The molecule has 0 aliphatic heterocycles. The van der Waals surface area contributed by atoms with Crippen LogP contribution in [0.15, 0.2) is 33.8 Å². The van der Waals surface area contributed by atoms with Crippen LogP contribution < -0.4 is 11.2 Å². The van der Waals surface area contributed by atoms with Gasteiger partial charge in [0.2, 0.25) is 0 Å². The van der Waals surface area contributed by atoms with Crippen LogP contribution in [-0.2, 0) is 11.3 Å². The highest BCUT2D eigenvalue weighted by molar-refractivity contribution is 9.10. The molecule has 3 N–H and O–H groups in total. The van der Waals surface area contributed by atoms with E-state index in [4.69, 9.17) is 5.73 Å². The minimum absolute atomic E-state index is 0.0207. The minimum Gasteiger partial charge on any atom is -0.365 e. The van der Waals surface area contributed by atoms with E-state index in [-0.39, 0.29) is 18.4 Å².